The molecule has 0 unspecified atom stereocenters. The van der Waals surface area contributed by atoms with E-state index in [1.54, 1.807) is 0 Å². The molecular weight excluding hydrogens is 304 g/mol. The summed E-state index contributed by atoms with van der Waals surface area (Å²) in [5.41, 5.74) is 1.01. The number of piperidine rings is 1. The molecule has 2 aliphatic rings. The Morgan fingerprint density at radius 1 is 1.27 bits per heavy atom. The van der Waals surface area contributed by atoms with Crippen LogP contribution in [-0.2, 0) is 20.8 Å². The molecule has 6 heteroatoms. The second-order valence-electron chi connectivity index (χ2n) is 5.79. The van der Waals surface area contributed by atoms with Gasteiger partial charge in [0.1, 0.15) is 0 Å². The van der Waals surface area contributed by atoms with Crippen molar-refractivity contribution < 1.29 is 14.3 Å². The first-order valence-electron chi connectivity index (χ1n) is 7.67. The van der Waals surface area contributed by atoms with Crippen molar-refractivity contribution in [3.05, 3.63) is 34.9 Å². The molecule has 1 spiro atoms. The van der Waals surface area contributed by atoms with Crippen LogP contribution in [0.5, 0.6) is 0 Å². The van der Waals surface area contributed by atoms with Gasteiger partial charge in [-0.25, -0.2) is 0 Å². The molecule has 2 heterocycles. The molecule has 0 aromatic heterocycles. The molecule has 1 amide bonds. The number of carbonyl (C=O) groups excluding carboxylic acids is 1. The molecule has 120 valence electrons. The Balaban J connectivity index is 1.41. The van der Waals surface area contributed by atoms with E-state index in [0.717, 1.165) is 31.5 Å². The van der Waals surface area contributed by atoms with E-state index in [4.69, 9.17) is 21.1 Å². The molecule has 0 radical (unpaired) electrons. The number of hydrogen-bond donors (Lipinski definition) is 1. The molecule has 2 saturated heterocycles. The summed E-state index contributed by atoms with van der Waals surface area (Å²) in [5, 5.41) is 3.62. The third-order valence-corrected chi connectivity index (χ3v) is 4.41. The summed E-state index contributed by atoms with van der Waals surface area (Å²) in [6, 6.07) is 7.52. The minimum absolute atomic E-state index is 0.0317. The van der Waals surface area contributed by atoms with Crippen molar-refractivity contribution in [1.82, 2.24) is 10.2 Å². The topological polar surface area (TPSA) is 50.8 Å². The average Bonchev–Trinajstić information content (AvgIpc) is 2.96. The molecule has 2 aliphatic heterocycles. The highest BCUT2D eigenvalue weighted by Crippen LogP contribution is 2.30. The number of likely N-dealkylation sites (tertiary alicyclic amines) is 1. The lowest BCUT2D eigenvalue weighted by Crippen LogP contribution is -2.48. The van der Waals surface area contributed by atoms with Crippen LogP contribution in [0.25, 0.3) is 0 Å². The van der Waals surface area contributed by atoms with E-state index in [9.17, 15) is 4.79 Å². The Kier molecular flexibility index (Phi) is 4.98. The Morgan fingerprint density at radius 2 is 2.00 bits per heavy atom. The molecule has 1 aromatic carbocycles. The van der Waals surface area contributed by atoms with Crippen LogP contribution in [0.15, 0.2) is 24.3 Å². The highest BCUT2D eigenvalue weighted by molar-refractivity contribution is 6.30. The number of benzene rings is 1. The fraction of sp³-hybridized carbons (Fsp3) is 0.562. The van der Waals surface area contributed by atoms with Crippen molar-refractivity contribution in [3.8, 4) is 0 Å². The number of amides is 1. The molecule has 2 fully saturated rings. The van der Waals surface area contributed by atoms with Crippen molar-refractivity contribution in [1.29, 1.82) is 0 Å². The van der Waals surface area contributed by atoms with E-state index in [1.165, 1.54) is 0 Å². The number of carbonyl (C=O) groups is 1. The van der Waals surface area contributed by atoms with E-state index in [-0.39, 0.29) is 11.7 Å². The number of ether oxygens (including phenoxy) is 2. The van der Waals surface area contributed by atoms with E-state index in [1.807, 2.05) is 24.3 Å². The molecule has 5 nitrogen and oxygen atoms in total. The van der Waals surface area contributed by atoms with Crippen molar-refractivity contribution in [2.45, 2.75) is 25.2 Å². The van der Waals surface area contributed by atoms with Gasteiger partial charge in [0.2, 0.25) is 5.91 Å². The zero-order valence-electron chi connectivity index (χ0n) is 12.5. The molecule has 22 heavy (non-hydrogen) atoms. The number of nitrogens with zero attached hydrogens (tertiary/aromatic N) is 1. The van der Waals surface area contributed by atoms with Crippen molar-refractivity contribution in [2.24, 2.45) is 0 Å². The first-order valence-corrected chi connectivity index (χ1v) is 8.04. The van der Waals surface area contributed by atoms with Gasteiger partial charge in [0.15, 0.2) is 5.79 Å². The first-order chi connectivity index (χ1) is 10.7. The van der Waals surface area contributed by atoms with Gasteiger partial charge in [-0.15, -0.1) is 0 Å². The summed E-state index contributed by atoms with van der Waals surface area (Å²) in [5.74, 6) is -0.350. The zero-order valence-corrected chi connectivity index (χ0v) is 13.3. The van der Waals surface area contributed by atoms with Crippen molar-refractivity contribution in [2.75, 3.05) is 32.8 Å². The van der Waals surface area contributed by atoms with Crippen LogP contribution in [-0.4, -0.2) is 49.4 Å². The van der Waals surface area contributed by atoms with Crippen molar-refractivity contribution in [3.63, 3.8) is 0 Å². The van der Waals surface area contributed by atoms with Crippen LogP contribution in [0.4, 0.5) is 0 Å². The summed E-state index contributed by atoms with van der Waals surface area (Å²) >= 11 is 5.93. The van der Waals surface area contributed by atoms with Gasteiger partial charge >= 0.3 is 0 Å². The maximum Gasteiger partial charge on any atom is 0.234 e. The van der Waals surface area contributed by atoms with Crippen molar-refractivity contribution >= 4 is 17.5 Å². The summed E-state index contributed by atoms with van der Waals surface area (Å²) < 4.78 is 11.4. The van der Waals surface area contributed by atoms with Gasteiger partial charge in [-0.2, -0.15) is 0 Å². The summed E-state index contributed by atoms with van der Waals surface area (Å²) in [6.45, 7) is 3.93. The maximum atomic E-state index is 12.0. The molecule has 0 atom stereocenters. The van der Waals surface area contributed by atoms with Crippen LogP contribution < -0.4 is 5.32 Å². The molecule has 0 saturated carbocycles. The third kappa shape index (κ3) is 3.98. The Hall–Kier alpha value is -1.14. The van der Waals surface area contributed by atoms with Gasteiger partial charge in [-0.05, 0) is 17.7 Å². The predicted molar refractivity (Wildman–Crippen MR) is 83.6 cm³/mol. The second-order valence-corrected chi connectivity index (χ2v) is 6.23. The highest BCUT2D eigenvalue weighted by Gasteiger charge is 2.39. The first kappa shape index (κ1) is 15.7. The number of hydrogen-bond acceptors (Lipinski definition) is 4. The minimum Gasteiger partial charge on any atom is -0.351 e. The maximum absolute atomic E-state index is 12.0. The van der Waals surface area contributed by atoms with Gasteiger partial charge < -0.3 is 14.8 Å². The summed E-state index contributed by atoms with van der Waals surface area (Å²) in [7, 11) is 0. The fourth-order valence-corrected chi connectivity index (χ4v) is 3.16. The lowest BCUT2D eigenvalue weighted by molar-refractivity contribution is -0.185. The molecule has 3 rings (SSSR count). The average molecular weight is 325 g/mol. The summed E-state index contributed by atoms with van der Waals surface area (Å²) in [4.78, 5) is 14.2. The zero-order chi connectivity index (χ0) is 15.4. The van der Waals surface area contributed by atoms with Gasteiger partial charge in [-0.3, -0.25) is 9.69 Å². The monoisotopic (exact) mass is 324 g/mol. The largest absolute Gasteiger partial charge is 0.351 e. The van der Waals surface area contributed by atoms with Crippen LogP contribution in [0.1, 0.15) is 18.4 Å². The van der Waals surface area contributed by atoms with Gasteiger partial charge in [0.25, 0.3) is 0 Å². The predicted octanol–water partition coefficient (Wildman–Crippen LogP) is 1.80. The normalized spacial score (nSPS) is 21.1. The number of rotatable bonds is 4. The Morgan fingerprint density at radius 3 is 2.68 bits per heavy atom. The lowest BCUT2D eigenvalue weighted by atomic mass is 10.0. The SMILES string of the molecule is O=C(CN1CCC2(CC1)OCCO2)NCc1cccc(Cl)c1. The molecular formula is C16H21ClN2O3. The molecule has 1 aromatic rings. The Labute approximate surface area is 135 Å². The van der Waals surface area contributed by atoms with E-state index in [0.29, 0.717) is 31.3 Å². The quantitative estimate of drug-likeness (QED) is 0.917. The summed E-state index contributed by atoms with van der Waals surface area (Å²) in [6.07, 6.45) is 1.66. The number of halogens is 1. The molecule has 0 aliphatic carbocycles. The van der Waals surface area contributed by atoms with E-state index < -0.39 is 0 Å². The van der Waals surface area contributed by atoms with Crippen LogP contribution in [0.3, 0.4) is 0 Å². The Bertz CT molecular complexity index is 522. The van der Waals surface area contributed by atoms with E-state index >= 15 is 0 Å². The highest BCUT2D eigenvalue weighted by atomic mass is 35.5. The molecule has 0 bridgehead atoms. The molecule has 1 N–H and O–H groups in total. The van der Waals surface area contributed by atoms with Crippen LogP contribution in [0.2, 0.25) is 5.02 Å². The van der Waals surface area contributed by atoms with E-state index in [2.05, 4.69) is 10.2 Å². The third-order valence-electron chi connectivity index (χ3n) is 4.18. The van der Waals surface area contributed by atoms with Gasteiger partial charge in [-0.1, -0.05) is 23.7 Å². The lowest BCUT2D eigenvalue weighted by Gasteiger charge is -2.37. The van der Waals surface area contributed by atoms with Gasteiger partial charge in [0, 0.05) is 37.5 Å². The van der Waals surface area contributed by atoms with Crippen LogP contribution >= 0.6 is 11.6 Å². The number of nitrogens with one attached hydrogen (secondary N) is 1. The fourth-order valence-electron chi connectivity index (χ4n) is 2.94. The smallest absolute Gasteiger partial charge is 0.234 e. The second kappa shape index (κ2) is 6.96. The van der Waals surface area contributed by atoms with Crippen LogP contribution in [0, 0.1) is 0 Å². The minimum atomic E-state index is -0.381. The van der Waals surface area contributed by atoms with Gasteiger partial charge in [0.05, 0.1) is 19.8 Å². The standard InChI is InChI=1S/C16H21ClN2O3/c17-14-3-1-2-13(10-14)11-18-15(20)12-19-6-4-16(5-7-19)21-8-9-22-16/h1-3,10H,4-9,11-12H2,(H,18,20).